The van der Waals surface area contributed by atoms with Gasteiger partial charge in [0.1, 0.15) is 40.5 Å². The van der Waals surface area contributed by atoms with Gasteiger partial charge < -0.3 is 5.73 Å². The molecule has 2 aliphatic rings. The summed E-state index contributed by atoms with van der Waals surface area (Å²) < 4.78 is 62.1. The number of rotatable bonds is 0. The zero-order chi connectivity index (χ0) is 24.5. The van der Waals surface area contributed by atoms with Gasteiger partial charge in [-0.25, -0.2) is 13.8 Å². The number of alkyl halides is 2. The van der Waals surface area contributed by atoms with Gasteiger partial charge in [0.2, 0.25) is 0 Å². The smallest absolute Gasteiger partial charge is 0.331 e. The number of aromatic nitrogens is 2. The van der Waals surface area contributed by atoms with Crippen LogP contribution in [0.5, 0.6) is 0 Å². The molecule has 1 atom stereocenters. The predicted octanol–water partition coefficient (Wildman–Crippen LogP) is 4.76. The average molecular weight is 471 g/mol. The van der Waals surface area contributed by atoms with Crippen LogP contribution in [0.2, 0.25) is 0 Å². The Morgan fingerprint density at radius 1 is 0.914 bits per heavy atom. The van der Waals surface area contributed by atoms with E-state index in [2.05, 4.69) is 15.0 Å². The van der Waals surface area contributed by atoms with Crippen LogP contribution in [0.3, 0.4) is 0 Å². The van der Waals surface area contributed by atoms with E-state index in [1.807, 2.05) is 6.07 Å². The summed E-state index contributed by atoms with van der Waals surface area (Å²) in [5.74, 6) is -5.22. The molecule has 1 spiro atoms. The van der Waals surface area contributed by atoms with E-state index in [0.717, 1.165) is 24.5 Å². The molecule has 2 N–H and O–H groups in total. The fraction of sp³-hybridized carbons (Fsp3) is 0.0769. The Morgan fingerprint density at radius 2 is 1.74 bits per heavy atom. The van der Waals surface area contributed by atoms with Crippen LogP contribution >= 0.6 is 0 Å². The van der Waals surface area contributed by atoms with Crippen molar-refractivity contribution in [1.82, 2.24) is 9.97 Å². The summed E-state index contributed by atoms with van der Waals surface area (Å²) in [6, 6.07) is 13.7. The number of amidine groups is 1. The molecule has 0 saturated carbocycles. The zero-order valence-electron chi connectivity index (χ0n) is 17.7. The maximum absolute atomic E-state index is 15.9. The van der Waals surface area contributed by atoms with Crippen LogP contribution < -0.4 is 5.73 Å². The maximum atomic E-state index is 15.9. The van der Waals surface area contributed by atoms with E-state index in [9.17, 15) is 9.65 Å². The summed E-state index contributed by atoms with van der Waals surface area (Å²) in [5, 5.41) is 9.34. The van der Waals surface area contributed by atoms with Crippen LogP contribution in [0.4, 0.5) is 17.6 Å². The van der Waals surface area contributed by atoms with Gasteiger partial charge in [0.15, 0.2) is 0 Å². The number of nitrogens with two attached hydrogens (primary N) is 1. The van der Waals surface area contributed by atoms with Crippen molar-refractivity contribution in [2.24, 2.45) is 10.7 Å². The third-order valence-corrected chi connectivity index (χ3v) is 6.43. The molecule has 4 aromatic rings. The molecule has 0 amide bonds. The predicted molar refractivity (Wildman–Crippen MR) is 119 cm³/mol. The highest BCUT2D eigenvalue weighted by Crippen LogP contribution is 2.50. The molecular formula is C26H13F4N5. The van der Waals surface area contributed by atoms with Crippen molar-refractivity contribution in [2.45, 2.75) is 11.5 Å². The Kier molecular flexibility index (Phi) is 4.17. The summed E-state index contributed by atoms with van der Waals surface area (Å²) in [6.07, 6.45) is 2.21. The Labute approximate surface area is 196 Å². The molecular weight excluding hydrogens is 458 g/mol. The van der Waals surface area contributed by atoms with Crippen LogP contribution in [0, 0.1) is 23.0 Å². The van der Waals surface area contributed by atoms with E-state index < -0.39 is 34.5 Å². The lowest BCUT2D eigenvalue weighted by Crippen LogP contribution is -2.29. The minimum Gasteiger partial charge on any atom is -0.383 e. The van der Waals surface area contributed by atoms with Crippen molar-refractivity contribution in [1.29, 1.82) is 5.26 Å². The first kappa shape index (κ1) is 21.0. The molecule has 5 nitrogen and oxygen atoms in total. The first-order valence-electron chi connectivity index (χ1n) is 10.5. The van der Waals surface area contributed by atoms with Crippen LogP contribution in [0.15, 0.2) is 72.0 Å². The van der Waals surface area contributed by atoms with Crippen LogP contribution in [0.25, 0.3) is 11.1 Å². The number of nitrogens with zero attached hydrogens (tertiary/aromatic N) is 4. The number of hydrogen-bond acceptors (Lipinski definition) is 5. The van der Waals surface area contributed by atoms with Crippen molar-refractivity contribution >= 4 is 5.84 Å². The van der Waals surface area contributed by atoms with E-state index in [1.165, 1.54) is 36.4 Å². The second-order valence-electron chi connectivity index (χ2n) is 8.30. The van der Waals surface area contributed by atoms with E-state index in [1.54, 1.807) is 6.07 Å². The van der Waals surface area contributed by atoms with Gasteiger partial charge in [-0.15, -0.1) is 0 Å². The molecule has 170 valence electrons. The highest BCUT2D eigenvalue weighted by molar-refractivity contribution is 6.03. The first-order chi connectivity index (χ1) is 16.8. The van der Waals surface area contributed by atoms with Gasteiger partial charge in [0.25, 0.3) is 0 Å². The molecule has 9 heteroatoms. The normalized spacial score (nSPS) is 18.9. The summed E-state index contributed by atoms with van der Waals surface area (Å²) in [5.41, 5.74) is 3.59. The minimum atomic E-state index is -3.68. The largest absolute Gasteiger partial charge is 0.383 e. The van der Waals surface area contributed by atoms with E-state index in [4.69, 9.17) is 5.73 Å². The van der Waals surface area contributed by atoms with Crippen molar-refractivity contribution < 1.29 is 17.6 Å². The number of halogens is 4. The Hall–Kier alpha value is -4.58. The van der Waals surface area contributed by atoms with E-state index in [-0.39, 0.29) is 44.8 Å². The van der Waals surface area contributed by atoms with Gasteiger partial charge in [-0.2, -0.15) is 14.0 Å². The average Bonchev–Trinajstić information content (AvgIpc) is 3.17. The monoisotopic (exact) mass is 471 g/mol. The van der Waals surface area contributed by atoms with Crippen molar-refractivity contribution in [2.75, 3.05) is 0 Å². The van der Waals surface area contributed by atoms with Crippen molar-refractivity contribution in [3.05, 3.63) is 118 Å². The van der Waals surface area contributed by atoms with Gasteiger partial charge in [-0.3, -0.25) is 9.97 Å². The first-order valence-corrected chi connectivity index (χ1v) is 10.5. The zero-order valence-corrected chi connectivity index (χ0v) is 17.7. The minimum absolute atomic E-state index is 0.0158. The summed E-state index contributed by atoms with van der Waals surface area (Å²) in [4.78, 5) is 12.3. The molecule has 4 bridgehead atoms. The lowest BCUT2D eigenvalue weighted by Gasteiger charge is -2.32. The molecule has 1 aliphatic heterocycles. The SMILES string of the molecule is N#Cc1cnc2c(c1)-c1ccc(F)c(c1)C1(N=C(N)c3c(F)cccc31)c1ccnc(c1)C2(F)F. The van der Waals surface area contributed by atoms with Crippen molar-refractivity contribution in [3.8, 4) is 17.2 Å². The highest BCUT2D eigenvalue weighted by Gasteiger charge is 2.48. The molecule has 1 unspecified atom stereocenters. The Bertz CT molecular complexity index is 1640. The second kappa shape index (κ2) is 6.96. The number of aliphatic imine (C=N–C) groups is 1. The van der Waals surface area contributed by atoms with Gasteiger partial charge in [0, 0.05) is 29.1 Å². The number of fused-ring (bicyclic) bond motifs is 10. The summed E-state index contributed by atoms with van der Waals surface area (Å²) in [6.45, 7) is 0. The number of pyridine rings is 2. The third-order valence-electron chi connectivity index (χ3n) is 6.43. The molecule has 3 heterocycles. The molecule has 1 aliphatic carbocycles. The number of benzene rings is 2. The molecule has 0 saturated heterocycles. The van der Waals surface area contributed by atoms with Gasteiger partial charge in [-0.05, 0) is 47.5 Å². The van der Waals surface area contributed by atoms with Crippen molar-refractivity contribution in [3.63, 3.8) is 0 Å². The quantitative estimate of drug-likeness (QED) is 0.375. The topological polar surface area (TPSA) is 88.0 Å². The Balaban J connectivity index is 1.82. The maximum Gasteiger partial charge on any atom is 0.331 e. The molecule has 0 radical (unpaired) electrons. The van der Waals surface area contributed by atoms with Gasteiger partial charge in [0.05, 0.1) is 11.1 Å². The highest BCUT2D eigenvalue weighted by atomic mass is 19.3. The summed E-state index contributed by atoms with van der Waals surface area (Å²) in [7, 11) is 0. The van der Waals surface area contributed by atoms with Crippen LogP contribution in [0.1, 0.15) is 39.2 Å². The third kappa shape index (κ3) is 2.71. The van der Waals surface area contributed by atoms with E-state index in [0.29, 0.717) is 0 Å². The van der Waals surface area contributed by atoms with Gasteiger partial charge >= 0.3 is 5.92 Å². The molecule has 6 rings (SSSR count). The molecule has 0 fully saturated rings. The standard InChI is InChI=1S/C26H13F4N5/c27-19-5-4-14-9-18(19)25(17-2-1-3-20(28)22(17)24(32)35-25)15-6-7-33-21(10-15)26(29,30)23-16(14)8-13(11-31)12-34-23/h1-10,12H,(H2,32,35). The molecule has 2 aromatic heterocycles. The Morgan fingerprint density at radius 3 is 2.54 bits per heavy atom. The van der Waals surface area contributed by atoms with Crippen LogP contribution in [-0.4, -0.2) is 15.8 Å². The number of nitriles is 1. The lowest BCUT2D eigenvalue weighted by atomic mass is 9.75. The second-order valence-corrected chi connectivity index (χ2v) is 8.30. The summed E-state index contributed by atoms with van der Waals surface area (Å²) >= 11 is 0. The van der Waals surface area contributed by atoms with E-state index >= 15 is 13.2 Å². The van der Waals surface area contributed by atoms with Gasteiger partial charge in [-0.1, -0.05) is 18.2 Å². The van der Waals surface area contributed by atoms with Crippen LogP contribution in [-0.2, 0) is 11.5 Å². The molecule has 2 aromatic carbocycles. The number of hydrogen-bond donors (Lipinski definition) is 1. The lowest BCUT2D eigenvalue weighted by molar-refractivity contribution is 0.0337. The fourth-order valence-electron chi connectivity index (χ4n) is 4.88. The fourth-order valence-corrected chi connectivity index (χ4v) is 4.88. The molecule has 35 heavy (non-hydrogen) atoms.